The molecule has 1 rings (SSSR count). The van der Waals surface area contributed by atoms with Gasteiger partial charge in [-0.05, 0) is 31.5 Å². The van der Waals surface area contributed by atoms with Gasteiger partial charge >= 0.3 is 0 Å². The van der Waals surface area contributed by atoms with Gasteiger partial charge in [0.25, 0.3) is 5.91 Å². The van der Waals surface area contributed by atoms with Crippen molar-refractivity contribution in [2.45, 2.75) is 25.9 Å². The molecule has 0 atom stereocenters. The summed E-state index contributed by atoms with van der Waals surface area (Å²) < 4.78 is 0. The Bertz CT molecular complexity index is 361. The van der Waals surface area contributed by atoms with Gasteiger partial charge in [0.05, 0.1) is 5.60 Å². The minimum Gasteiger partial charge on any atom is -0.390 e. The largest absolute Gasteiger partial charge is 0.390 e. The molecule has 0 bridgehead atoms. The molecule has 1 aromatic rings. The van der Waals surface area contributed by atoms with Crippen LogP contribution in [-0.4, -0.2) is 35.6 Å². The second kappa shape index (κ2) is 4.66. The third kappa shape index (κ3) is 3.66. The number of hydrogen-bond acceptors (Lipinski definition) is 2. The van der Waals surface area contributed by atoms with E-state index in [1.807, 2.05) is 12.1 Å². The fraction of sp³-hybridized carbons (Fsp3) is 0.462. The molecule has 0 spiro atoms. The van der Waals surface area contributed by atoms with Crippen molar-refractivity contribution in [2.75, 3.05) is 14.1 Å². The number of aliphatic hydroxyl groups is 1. The van der Waals surface area contributed by atoms with Crippen LogP contribution in [-0.2, 0) is 6.42 Å². The van der Waals surface area contributed by atoms with Crippen LogP contribution in [0, 0.1) is 0 Å². The molecule has 16 heavy (non-hydrogen) atoms. The van der Waals surface area contributed by atoms with Gasteiger partial charge in [-0.3, -0.25) is 4.79 Å². The van der Waals surface area contributed by atoms with Crippen LogP contribution in [0.1, 0.15) is 29.8 Å². The van der Waals surface area contributed by atoms with E-state index < -0.39 is 5.60 Å². The zero-order valence-corrected chi connectivity index (χ0v) is 10.3. The third-order valence-corrected chi connectivity index (χ3v) is 2.24. The minimum absolute atomic E-state index is 0.00481. The second-order valence-corrected chi connectivity index (χ2v) is 4.89. The van der Waals surface area contributed by atoms with Crippen LogP contribution in [0.5, 0.6) is 0 Å². The number of carbonyl (C=O) groups is 1. The molecular weight excluding hydrogens is 202 g/mol. The molecule has 0 aromatic heterocycles. The molecule has 0 heterocycles. The summed E-state index contributed by atoms with van der Waals surface area (Å²) in [7, 11) is 3.46. The quantitative estimate of drug-likeness (QED) is 0.844. The van der Waals surface area contributed by atoms with Crippen molar-refractivity contribution < 1.29 is 9.90 Å². The van der Waals surface area contributed by atoms with Crippen LogP contribution in [0.3, 0.4) is 0 Å². The molecule has 0 fully saturated rings. The molecule has 0 aliphatic heterocycles. The summed E-state index contributed by atoms with van der Waals surface area (Å²) in [6.07, 6.45) is 0.587. The van der Waals surface area contributed by atoms with Gasteiger partial charge in [-0.2, -0.15) is 0 Å². The van der Waals surface area contributed by atoms with Crippen molar-refractivity contribution in [3.8, 4) is 0 Å². The lowest BCUT2D eigenvalue weighted by Gasteiger charge is -2.17. The Labute approximate surface area is 96.7 Å². The standard InChI is InChI=1S/C13H19NO2/c1-13(2,16)9-10-5-7-11(8-6-10)12(15)14(3)4/h5-8,16H,9H2,1-4H3. The van der Waals surface area contributed by atoms with E-state index in [1.165, 1.54) is 0 Å². The highest BCUT2D eigenvalue weighted by atomic mass is 16.3. The maximum absolute atomic E-state index is 11.6. The Morgan fingerprint density at radius 1 is 1.25 bits per heavy atom. The lowest BCUT2D eigenvalue weighted by molar-refractivity contribution is 0.0810. The van der Waals surface area contributed by atoms with E-state index in [0.717, 1.165) is 5.56 Å². The minimum atomic E-state index is -0.715. The van der Waals surface area contributed by atoms with E-state index in [1.54, 1.807) is 45.0 Å². The first kappa shape index (κ1) is 12.7. The van der Waals surface area contributed by atoms with Gasteiger partial charge < -0.3 is 10.0 Å². The van der Waals surface area contributed by atoms with Crippen LogP contribution in [0.15, 0.2) is 24.3 Å². The summed E-state index contributed by atoms with van der Waals surface area (Å²) in [6.45, 7) is 3.54. The molecule has 0 saturated heterocycles. The topological polar surface area (TPSA) is 40.5 Å². The summed E-state index contributed by atoms with van der Waals surface area (Å²) in [5.74, 6) is -0.00481. The molecular formula is C13H19NO2. The monoisotopic (exact) mass is 221 g/mol. The third-order valence-electron chi connectivity index (χ3n) is 2.24. The van der Waals surface area contributed by atoms with Crippen molar-refractivity contribution in [1.29, 1.82) is 0 Å². The van der Waals surface area contributed by atoms with E-state index in [-0.39, 0.29) is 5.91 Å². The molecule has 3 heteroatoms. The lowest BCUT2D eigenvalue weighted by atomic mass is 9.98. The van der Waals surface area contributed by atoms with Crippen molar-refractivity contribution >= 4 is 5.91 Å². The number of benzene rings is 1. The zero-order chi connectivity index (χ0) is 12.3. The van der Waals surface area contributed by atoms with Gasteiger partial charge in [0.15, 0.2) is 0 Å². The highest BCUT2D eigenvalue weighted by molar-refractivity contribution is 5.93. The van der Waals surface area contributed by atoms with Gasteiger partial charge in [0.1, 0.15) is 0 Å². The molecule has 0 unspecified atom stereocenters. The highest BCUT2D eigenvalue weighted by Gasteiger charge is 2.14. The Balaban J connectivity index is 2.80. The van der Waals surface area contributed by atoms with Gasteiger partial charge in [-0.15, -0.1) is 0 Å². The fourth-order valence-corrected chi connectivity index (χ4v) is 1.52. The molecule has 88 valence electrons. The van der Waals surface area contributed by atoms with Crippen molar-refractivity contribution in [2.24, 2.45) is 0 Å². The molecule has 3 nitrogen and oxygen atoms in total. The Morgan fingerprint density at radius 2 is 1.75 bits per heavy atom. The maximum atomic E-state index is 11.6. The zero-order valence-electron chi connectivity index (χ0n) is 10.3. The molecule has 1 aromatic carbocycles. The normalized spacial score (nSPS) is 11.3. The van der Waals surface area contributed by atoms with Gasteiger partial charge in [0, 0.05) is 26.1 Å². The predicted octanol–water partition coefficient (Wildman–Crippen LogP) is 1.70. The van der Waals surface area contributed by atoms with Gasteiger partial charge in [-0.1, -0.05) is 12.1 Å². The average molecular weight is 221 g/mol. The summed E-state index contributed by atoms with van der Waals surface area (Å²) in [5.41, 5.74) is 0.986. The van der Waals surface area contributed by atoms with Crippen molar-refractivity contribution in [3.05, 3.63) is 35.4 Å². The summed E-state index contributed by atoms with van der Waals surface area (Å²) in [5, 5.41) is 9.66. The van der Waals surface area contributed by atoms with Crippen molar-refractivity contribution in [1.82, 2.24) is 4.90 Å². The molecule has 0 aliphatic carbocycles. The molecule has 0 aliphatic rings. The molecule has 0 radical (unpaired) electrons. The average Bonchev–Trinajstić information content (AvgIpc) is 2.15. The summed E-state index contributed by atoms with van der Waals surface area (Å²) in [6, 6.07) is 7.36. The van der Waals surface area contributed by atoms with Crippen LogP contribution < -0.4 is 0 Å². The molecule has 0 saturated carbocycles. The number of rotatable bonds is 3. The first-order valence-electron chi connectivity index (χ1n) is 5.32. The van der Waals surface area contributed by atoms with Crippen LogP contribution in [0.2, 0.25) is 0 Å². The first-order chi connectivity index (χ1) is 7.29. The first-order valence-corrected chi connectivity index (χ1v) is 5.32. The highest BCUT2D eigenvalue weighted by Crippen LogP contribution is 2.13. The van der Waals surface area contributed by atoms with E-state index in [9.17, 15) is 9.90 Å². The maximum Gasteiger partial charge on any atom is 0.253 e. The van der Waals surface area contributed by atoms with E-state index in [2.05, 4.69) is 0 Å². The predicted molar refractivity (Wildman–Crippen MR) is 64.5 cm³/mol. The summed E-state index contributed by atoms with van der Waals surface area (Å²) in [4.78, 5) is 13.2. The van der Waals surface area contributed by atoms with Crippen LogP contribution >= 0.6 is 0 Å². The SMILES string of the molecule is CN(C)C(=O)c1ccc(CC(C)(C)O)cc1. The molecule has 1 N–H and O–H groups in total. The van der Waals surface area contributed by atoms with Gasteiger partial charge in [0.2, 0.25) is 0 Å². The number of amides is 1. The van der Waals surface area contributed by atoms with Crippen molar-refractivity contribution in [3.63, 3.8) is 0 Å². The Morgan fingerprint density at radius 3 is 2.12 bits per heavy atom. The number of carbonyl (C=O) groups excluding carboxylic acids is 1. The van der Waals surface area contributed by atoms with E-state index in [0.29, 0.717) is 12.0 Å². The Hall–Kier alpha value is -1.35. The number of nitrogens with zero attached hydrogens (tertiary/aromatic N) is 1. The van der Waals surface area contributed by atoms with Crippen LogP contribution in [0.4, 0.5) is 0 Å². The fourth-order valence-electron chi connectivity index (χ4n) is 1.52. The lowest BCUT2D eigenvalue weighted by Crippen LogP contribution is -2.23. The van der Waals surface area contributed by atoms with Crippen LogP contribution in [0.25, 0.3) is 0 Å². The van der Waals surface area contributed by atoms with E-state index in [4.69, 9.17) is 0 Å². The molecule has 1 amide bonds. The van der Waals surface area contributed by atoms with Gasteiger partial charge in [-0.25, -0.2) is 0 Å². The second-order valence-electron chi connectivity index (χ2n) is 4.89. The Kier molecular flexibility index (Phi) is 3.70. The smallest absolute Gasteiger partial charge is 0.253 e. The van der Waals surface area contributed by atoms with E-state index >= 15 is 0 Å². The summed E-state index contributed by atoms with van der Waals surface area (Å²) >= 11 is 0. The number of hydrogen-bond donors (Lipinski definition) is 1.